The van der Waals surface area contributed by atoms with Crippen molar-refractivity contribution < 1.29 is 18.7 Å². The Morgan fingerprint density at radius 1 is 1.38 bits per heavy atom. The molecule has 0 saturated carbocycles. The molecule has 2 aliphatic rings. The minimum Gasteiger partial charge on any atom is -0.447 e. The first-order valence-electron chi connectivity index (χ1n) is 8.68. The van der Waals surface area contributed by atoms with Gasteiger partial charge in [-0.2, -0.15) is 0 Å². The van der Waals surface area contributed by atoms with Crippen LogP contribution in [-0.4, -0.2) is 58.1 Å². The third-order valence-corrected chi connectivity index (χ3v) is 4.80. The molecule has 1 N–H and O–H groups in total. The number of halogens is 1. The van der Waals surface area contributed by atoms with E-state index >= 15 is 0 Å². The highest BCUT2D eigenvalue weighted by Gasteiger charge is 2.26. The summed E-state index contributed by atoms with van der Waals surface area (Å²) in [5, 5.41) is 9.57. The first kappa shape index (κ1) is 16.9. The van der Waals surface area contributed by atoms with Gasteiger partial charge in [-0.05, 0) is 18.1 Å². The molecule has 0 bridgehead atoms. The number of benzene rings is 1. The van der Waals surface area contributed by atoms with Crippen LogP contribution in [-0.2, 0) is 6.54 Å². The van der Waals surface area contributed by atoms with Gasteiger partial charge in [-0.15, -0.1) is 0 Å². The van der Waals surface area contributed by atoms with Crippen LogP contribution in [0.2, 0.25) is 0 Å². The number of carbonyl (C=O) groups is 1. The van der Waals surface area contributed by atoms with Crippen molar-refractivity contribution in [1.82, 2.24) is 14.8 Å². The van der Waals surface area contributed by atoms with Gasteiger partial charge >= 0.3 is 0 Å². The molecule has 1 amide bonds. The normalized spacial score (nSPS) is 20.6. The molecule has 2 aromatic rings. The molecule has 1 fully saturated rings. The molecule has 0 aliphatic carbocycles. The lowest BCUT2D eigenvalue weighted by atomic mass is 10.1. The molecule has 4 rings (SSSR count). The molecule has 3 heterocycles. The molecule has 0 unspecified atom stereocenters. The van der Waals surface area contributed by atoms with Crippen LogP contribution in [0.5, 0.6) is 0 Å². The van der Waals surface area contributed by atoms with Crippen LogP contribution >= 0.6 is 0 Å². The van der Waals surface area contributed by atoms with Crippen molar-refractivity contribution in [3.05, 3.63) is 59.6 Å². The Balaban J connectivity index is 1.39. The number of aliphatic hydroxyl groups excluding tert-OH is 1. The number of hydrogen-bond acceptors (Lipinski definition) is 5. The number of rotatable bonds is 4. The van der Waals surface area contributed by atoms with Crippen LogP contribution in [0.25, 0.3) is 5.57 Å². The first-order chi connectivity index (χ1) is 12.6. The predicted octanol–water partition coefficient (Wildman–Crippen LogP) is 1.92. The summed E-state index contributed by atoms with van der Waals surface area (Å²) in [6.45, 7) is 2.62. The van der Waals surface area contributed by atoms with Gasteiger partial charge in [-0.25, -0.2) is 9.37 Å². The molecular weight excluding hydrogens is 337 g/mol. The zero-order valence-electron chi connectivity index (χ0n) is 14.3. The summed E-state index contributed by atoms with van der Waals surface area (Å²) < 4.78 is 19.3. The number of likely N-dealkylation sites (tertiary alicyclic amines) is 1. The third-order valence-electron chi connectivity index (χ3n) is 4.80. The van der Waals surface area contributed by atoms with Gasteiger partial charge in [0, 0.05) is 31.7 Å². The smallest absolute Gasteiger partial charge is 0.276 e. The number of β-amino-alcohol motifs (C(OH)–C–C–N with tert-alkyl or cyclic N) is 1. The summed E-state index contributed by atoms with van der Waals surface area (Å²) in [6, 6.07) is 6.56. The average molecular weight is 357 g/mol. The van der Waals surface area contributed by atoms with Crippen LogP contribution in [0.1, 0.15) is 28.4 Å². The summed E-state index contributed by atoms with van der Waals surface area (Å²) in [5.74, 6) is -0.0578. The zero-order chi connectivity index (χ0) is 18.1. The van der Waals surface area contributed by atoms with E-state index in [1.54, 1.807) is 23.1 Å². The van der Waals surface area contributed by atoms with Gasteiger partial charge in [-0.1, -0.05) is 24.3 Å². The lowest BCUT2D eigenvalue weighted by Gasteiger charge is -2.15. The Labute approximate surface area is 150 Å². The average Bonchev–Trinajstić information content (AvgIpc) is 3.36. The molecule has 1 atom stereocenters. The predicted molar refractivity (Wildman–Crippen MR) is 92.7 cm³/mol. The second-order valence-corrected chi connectivity index (χ2v) is 6.70. The molecular formula is C19H20FN3O3. The van der Waals surface area contributed by atoms with Gasteiger partial charge in [-0.3, -0.25) is 9.69 Å². The van der Waals surface area contributed by atoms with Crippen LogP contribution in [0, 0.1) is 5.82 Å². The summed E-state index contributed by atoms with van der Waals surface area (Å²) in [5.41, 5.74) is 1.57. The fourth-order valence-corrected chi connectivity index (χ4v) is 3.42. The maximum atomic E-state index is 13.9. The van der Waals surface area contributed by atoms with Gasteiger partial charge in [0.25, 0.3) is 5.91 Å². The van der Waals surface area contributed by atoms with Crippen molar-refractivity contribution in [2.75, 3.05) is 26.2 Å². The standard InChI is InChI=1S/C19H20FN3O3/c20-16-4-2-1-3-15(16)13-5-8-23(9-13)19(25)17-12-26-18(21-17)11-22-7-6-14(24)10-22/h1-5,12,14,24H,6-11H2/t14-/m0/s1. The van der Waals surface area contributed by atoms with Crippen LogP contribution in [0.4, 0.5) is 4.39 Å². The summed E-state index contributed by atoms with van der Waals surface area (Å²) in [4.78, 5) is 20.6. The molecule has 26 heavy (non-hydrogen) atoms. The number of oxazole rings is 1. The third kappa shape index (κ3) is 3.40. The number of aliphatic hydroxyl groups is 1. The Morgan fingerprint density at radius 2 is 2.23 bits per heavy atom. The van der Waals surface area contributed by atoms with Crippen molar-refractivity contribution in [3.63, 3.8) is 0 Å². The van der Waals surface area contributed by atoms with Crippen molar-refractivity contribution in [2.45, 2.75) is 19.1 Å². The fourth-order valence-electron chi connectivity index (χ4n) is 3.42. The molecule has 1 saturated heterocycles. The highest BCUT2D eigenvalue weighted by atomic mass is 19.1. The van der Waals surface area contributed by atoms with Gasteiger partial charge in [0.15, 0.2) is 5.69 Å². The minimum atomic E-state index is -0.307. The van der Waals surface area contributed by atoms with E-state index in [1.165, 1.54) is 12.3 Å². The molecule has 1 aromatic carbocycles. The van der Waals surface area contributed by atoms with E-state index in [-0.39, 0.29) is 23.5 Å². The molecule has 0 spiro atoms. The second kappa shape index (κ2) is 7.01. The maximum Gasteiger partial charge on any atom is 0.276 e. The lowest BCUT2D eigenvalue weighted by molar-refractivity contribution is 0.0795. The second-order valence-electron chi connectivity index (χ2n) is 6.70. The SMILES string of the molecule is O=C(c1coc(CN2CC[C@H](O)C2)n1)N1CC=C(c2ccccc2F)C1. The van der Waals surface area contributed by atoms with E-state index in [2.05, 4.69) is 4.98 Å². The lowest BCUT2D eigenvalue weighted by Crippen LogP contribution is -2.29. The number of aromatic nitrogens is 1. The molecule has 6 nitrogen and oxygen atoms in total. The largest absolute Gasteiger partial charge is 0.447 e. The van der Waals surface area contributed by atoms with Gasteiger partial charge in [0.2, 0.25) is 5.89 Å². The Kier molecular flexibility index (Phi) is 4.57. The van der Waals surface area contributed by atoms with E-state index in [4.69, 9.17) is 4.42 Å². The van der Waals surface area contributed by atoms with Crippen molar-refractivity contribution in [1.29, 1.82) is 0 Å². The Hall–Kier alpha value is -2.51. The number of amides is 1. The first-order valence-corrected chi connectivity index (χ1v) is 8.68. The van der Waals surface area contributed by atoms with E-state index < -0.39 is 0 Å². The van der Waals surface area contributed by atoms with E-state index in [0.717, 1.165) is 18.5 Å². The van der Waals surface area contributed by atoms with E-state index in [0.29, 0.717) is 37.6 Å². The highest BCUT2D eigenvalue weighted by Crippen LogP contribution is 2.24. The number of nitrogens with zero attached hydrogens (tertiary/aromatic N) is 3. The summed E-state index contributed by atoms with van der Waals surface area (Å²) in [6.07, 6.45) is 3.66. The molecule has 7 heteroatoms. The van der Waals surface area contributed by atoms with Crippen molar-refractivity contribution >= 4 is 11.5 Å². The van der Waals surface area contributed by atoms with Gasteiger partial charge in [0.1, 0.15) is 12.1 Å². The van der Waals surface area contributed by atoms with E-state index in [1.807, 2.05) is 11.0 Å². The Morgan fingerprint density at radius 3 is 3.00 bits per heavy atom. The zero-order valence-corrected chi connectivity index (χ0v) is 14.3. The van der Waals surface area contributed by atoms with E-state index in [9.17, 15) is 14.3 Å². The Bertz CT molecular complexity index is 848. The van der Waals surface area contributed by atoms with Gasteiger partial charge in [0.05, 0.1) is 12.6 Å². The molecule has 0 radical (unpaired) electrons. The highest BCUT2D eigenvalue weighted by molar-refractivity contribution is 5.94. The summed E-state index contributed by atoms with van der Waals surface area (Å²) >= 11 is 0. The van der Waals surface area contributed by atoms with Crippen molar-refractivity contribution in [3.8, 4) is 0 Å². The maximum absolute atomic E-state index is 13.9. The fraction of sp³-hybridized carbons (Fsp3) is 0.368. The molecule has 136 valence electrons. The minimum absolute atomic E-state index is 0.232. The topological polar surface area (TPSA) is 69.8 Å². The number of carbonyl (C=O) groups excluding carboxylic acids is 1. The van der Waals surface area contributed by atoms with Gasteiger partial charge < -0.3 is 14.4 Å². The van der Waals surface area contributed by atoms with Crippen LogP contribution < -0.4 is 0 Å². The quantitative estimate of drug-likeness (QED) is 0.905. The monoisotopic (exact) mass is 357 g/mol. The van der Waals surface area contributed by atoms with Crippen LogP contribution in [0.15, 0.2) is 41.0 Å². The summed E-state index contributed by atoms with van der Waals surface area (Å²) in [7, 11) is 0. The number of hydrogen-bond donors (Lipinski definition) is 1. The molecule has 2 aliphatic heterocycles. The van der Waals surface area contributed by atoms with Crippen LogP contribution in [0.3, 0.4) is 0 Å². The van der Waals surface area contributed by atoms with Crippen molar-refractivity contribution in [2.24, 2.45) is 0 Å². The molecule has 1 aromatic heterocycles.